The molecule has 28 heteroatoms. The molecule has 94 heavy (non-hydrogen) atoms. The molecule has 0 radical (unpaired) electrons. The lowest BCUT2D eigenvalue weighted by Crippen LogP contribution is -2.56. The highest BCUT2D eigenvalue weighted by atomic mass is 79.9. The van der Waals surface area contributed by atoms with E-state index in [0.29, 0.717) is 124 Å². The maximum absolute atomic E-state index is 15.5. The monoisotopic (exact) mass is 1420 g/mol. The number of amides is 6. The zero-order valence-electron chi connectivity index (χ0n) is 52.8. The van der Waals surface area contributed by atoms with Gasteiger partial charge < -0.3 is 69.6 Å². The van der Waals surface area contributed by atoms with Gasteiger partial charge in [0.25, 0.3) is 11.5 Å². The fourth-order valence-electron chi connectivity index (χ4n) is 11.9. The smallest absolute Gasteiger partial charge is 0.410 e. The summed E-state index contributed by atoms with van der Waals surface area (Å²) in [6.07, 6.45) is 0.222. The number of aromatic nitrogens is 4. The molecule has 3 aliphatic heterocycles. The molecular formula is C66H75Br2FN10O15. The van der Waals surface area contributed by atoms with Crippen LogP contribution in [0.4, 0.5) is 14.9 Å². The van der Waals surface area contributed by atoms with E-state index in [4.69, 9.17) is 33.4 Å². The minimum atomic E-state index is -2.03. The molecule has 0 unspecified atom stereocenters. The number of likely N-dealkylation sites (tertiary alicyclic amines) is 1. The Morgan fingerprint density at radius 3 is 2.14 bits per heavy atom. The van der Waals surface area contributed by atoms with Gasteiger partial charge in [-0.1, -0.05) is 64.8 Å². The van der Waals surface area contributed by atoms with Crippen LogP contribution < -0.4 is 32.1 Å². The van der Waals surface area contributed by atoms with Crippen molar-refractivity contribution in [2.24, 2.45) is 11.8 Å². The van der Waals surface area contributed by atoms with Crippen LogP contribution in [0.25, 0.3) is 33.3 Å². The average molecular weight is 1430 g/mol. The number of fused-ring (bicyclic) bond motifs is 6. The third-order valence-corrected chi connectivity index (χ3v) is 18.3. The lowest BCUT2D eigenvalue weighted by molar-refractivity contribution is -0.172. The molecule has 6 N–H and O–H groups in total. The highest BCUT2D eigenvalue weighted by Crippen LogP contribution is 2.46. The number of hydrogen-bond donors (Lipinski definition) is 6. The number of alkyl halides is 2. The van der Waals surface area contributed by atoms with Crippen molar-refractivity contribution in [3.05, 3.63) is 127 Å². The van der Waals surface area contributed by atoms with E-state index in [0.717, 1.165) is 22.5 Å². The van der Waals surface area contributed by atoms with Crippen molar-refractivity contribution in [2.75, 3.05) is 77.8 Å². The fraction of sp³-hybridized carbons (Fsp3) is 0.470. The molecule has 3 aromatic heterocycles. The molecular weight excluding hydrogens is 1350 g/mol. The highest BCUT2D eigenvalue weighted by molar-refractivity contribution is 9.09. The molecule has 1 fully saturated rings. The molecule has 10 rings (SSSR count). The van der Waals surface area contributed by atoms with Crippen LogP contribution in [-0.2, 0) is 94.8 Å². The predicted octanol–water partition coefficient (Wildman–Crippen LogP) is 6.10. The molecule has 1 aliphatic carbocycles. The van der Waals surface area contributed by atoms with Crippen molar-refractivity contribution in [1.82, 2.24) is 45.7 Å². The van der Waals surface area contributed by atoms with Crippen molar-refractivity contribution in [3.63, 3.8) is 0 Å². The molecule has 4 aliphatic rings. The zero-order chi connectivity index (χ0) is 67.0. The number of cyclic esters (lactones) is 1. The Morgan fingerprint density at radius 2 is 1.47 bits per heavy atom. The van der Waals surface area contributed by atoms with E-state index in [1.165, 1.54) is 22.5 Å². The Hall–Kier alpha value is -7.86. The molecule has 0 spiro atoms. The zero-order valence-corrected chi connectivity index (χ0v) is 55.9. The number of halogens is 3. The van der Waals surface area contributed by atoms with Gasteiger partial charge in [-0.3, -0.25) is 28.8 Å². The maximum atomic E-state index is 15.5. The lowest BCUT2D eigenvalue weighted by atomic mass is 9.81. The average Bonchev–Trinajstić information content (AvgIpc) is 1.68. The quantitative estimate of drug-likeness (QED) is 0.0175. The van der Waals surface area contributed by atoms with E-state index in [1.807, 2.05) is 0 Å². The number of aryl methyl sites for hydroxylation is 1. The number of benzene rings is 3. The minimum absolute atomic E-state index is 0.00720. The van der Waals surface area contributed by atoms with Gasteiger partial charge in [0.2, 0.25) is 23.6 Å². The third kappa shape index (κ3) is 15.3. The number of nitrogens with one attached hydrogen (secondary N) is 5. The van der Waals surface area contributed by atoms with Crippen molar-refractivity contribution in [3.8, 4) is 11.4 Å². The molecule has 25 nitrogen and oxygen atoms in total. The van der Waals surface area contributed by atoms with Gasteiger partial charge in [0.05, 0.1) is 116 Å². The van der Waals surface area contributed by atoms with Crippen LogP contribution >= 0.6 is 31.9 Å². The molecule has 1 saturated heterocycles. The largest absolute Gasteiger partial charge is 0.458 e. The fourth-order valence-corrected chi connectivity index (χ4v) is 12.7. The Labute approximate surface area is 557 Å². The number of carbonyl (C=O) groups excluding carboxylic acids is 7. The minimum Gasteiger partial charge on any atom is -0.458 e. The van der Waals surface area contributed by atoms with Crippen LogP contribution in [0.15, 0.2) is 59.4 Å². The molecule has 3 aromatic carbocycles. The van der Waals surface area contributed by atoms with Crippen molar-refractivity contribution in [1.29, 1.82) is 0 Å². The topological polar surface area (TPSA) is 319 Å². The van der Waals surface area contributed by atoms with Gasteiger partial charge in [0.15, 0.2) is 5.60 Å². The van der Waals surface area contributed by atoms with Crippen LogP contribution in [0.1, 0.15) is 114 Å². The highest BCUT2D eigenvalue weighted by Gasteiger charge is 2.46. The summed E-state index contributed by atoms with van der Waals surface area (Å²) in [7, 11) is 0. The lowest BCUT2D eigenvalue weighted by Gasteiger charge is -2.38. The number of ether oxygens (including phenoxy) is 6. The SMILES string of the molecule is CC[C@]1(O)C(=O)OCc2c1cc1n(c2=O)Cc2c-1nc1cc(F)c(C)c3c1c2[C@H](NC(=O)C1CN(C(=O)OCc2ccc(NC(=O)[C@H](C)NC(=O)[C@@H](NC(=O)CCOCCOCCOCCOCCNC(=O)c4ccc5nc(CBr)c(CBr)nc5c4)C(C)C)cc2)C1)CC3. The first-order valence-electron chi connectivity index (χ1n) is 31.3. The number of rotatable bonds is 29. The van der Waals surface area contributed by atoms with E-state index < -0.39 is 70.8 Å². The molecule has 0 bridgehead atoms. The number of nitrogens with zero attached hydrogens (tertiary/aromatic N) is 5. The summed E-state index contributed by atoms with van der Waals surface area (Å²) in [4.78, 5) is 122. The predicted molar refractivity (Wildman–Crippen MR) is 348 cm³/mol. The van der Waals surface area contributed by atoms with Crippen LogP contribution in [0.3, 0.4) is 0 Å². The van der Waals surface area contributed by atoms with Crippen LogP contribution in [0.2, 0.25) is 0 Å². The van der Waals surface area contributed by atoms with Crippen molar-refractivity contribution in [2.45, 2.75) is 114 Å². The summed E-state index contributed by atoms with van der Waals surface area (Å²) in [5.74, 6) is -4.12. The van der Waals surface area contributed by atoms with Gasteiger partial charge in [-0.05, 0) is 97.7 Å². The Morgan fingerprint density at radius 1 is 0.798 bits per heavy atom. The molecule has 4 atom stereocenters. The van der Waals surface area contributed by atoms with Gasteiger partial charge in [0, 0.05) is 70.5 Å². The van der Waals surface area contributed by atoms with E-state index >= 15 is 4.39 Å². The van der Waals surface area contributed by atoms with E-state index in [1.54, 1.807) is 76.2 Å². The summed E-state index contributed by atoms with van der Waals surface area (Å²) in [6.45, 7) is 10.9. The first kappa shape index (κ1) is 69.0. The van der Waals surface area contributed by atoms with E-state index in [9.17, 15) is 43.5 Å². The Bertz CT molecular complexity index is 3960. The van der Waals surface area contributed by atoms with Gasteiger partial charge in [-0.15, -0.1) is 0 Å². The van der Waals surface area contributed by atoms with Crippen molar-refractivity contribution >= 4 is 101 Å². The summed E-state index contributed by atoms with van der Waals surface area (Å²) in [5, 5.41) is 27.5. The molecule has 6 amide bonds. The Kier molecular flexibility index (Phi) is 22.5. The molecule has 6 aromatic rings. The van der Waals surface area contributed by atoms with Gasteiger partial charge in [-0.25, -0.2) is 28.9 Å². The summed E-state index contributed by atoms with van der Waals surface area (Å²) < 4.78 is 50.0. The maximum Gasteiger partial charge on any atom is 0.410 e. The second-order valence-corrected chi connectivity index (χ2v) is 24.9. The second kappa shape index (κ2) is 30.7. The van der Waals surface area contributed by atoms with Gasteiger partial charge in [-0.2, -0.15) is 0 Å². The van der Waals surface area contributed by atoms with Crippen molar-refractivity contribution < 1.29 is 71.5 Å². The second-order valence-electron chi connectivity index (χ2n) is 23.8. The Balaban J connectivity index is 0.587. The number of pyridine rings is 2. The first-order valence-corrected chi connectivity index (χ1v) is 33.5. The van der Waals surface area contributed by atoms with Gasteiger partial charge in [0.1, 0.15) is 31.1 Å². The van der Waals surface area contributed by atoms with Gasteiger partial charge >= 0.3 is 12.1 Å². The van der Waals surface area contributed by atoms with E-state index in [-0.39, 0.29) is 94.4 Å². The number of carbonyl (C=O) groups is 7. The first-order chi connectivity index (χ1) is 45.2. The normalized spacial score (nSPS) is 16.9. The van der Waals surface area contributed by atoms with E-state index in [2.05, 4.69) is 68.4 Å². The van der Waals surface area contributed by atoms with Crippen LogP contribution in [-0.4, -0.2) is 156 Å². The van der Waals surface area contributed by atoms with Crippen LogP contribution in [0.5, 0.6) is 0 Å². The summed E-state index contributed by atoms with van der Waals surface area (Å²) in [5.41, 5.74) is 6.11. The molecule has 0 saturated carbocycles. The summed E-state index contributed by atoms with van der Waals surface area (Å²) >= 11 is 6.87. The number of hydrogen-bond acceptors (Lipinski definition) is 18. The number of anilines is 1. The standard InChI is InChI=1S/C66H75Br2FN10O15/c1-6-66(88)45-26-53-58-43(32-79(53)63(85)44(45)34-93-64(66)86)56-48(14-12-42-36(4)46(69)27-50(75-58)55(42)56)76-61(83)40-30-78(31-40)65(87)94-33-38-7-10-41(11-8-38)72-59(81)37(5)71-62(84)57(35(2)3)77-54(80)15-17-89-19-21-91-23-24-92-22-20-90-18-16-70-60(82)39-9-13-47-49(25-39)74-52(29-68)51(28-67)73-47/h7-11,13,25-27,35,37,40,48,57,88H,6,12,14-24,28-34H2,1-5H3,(H,70,82)(H,71,84)(H,72,81)(H,76,83)(H,77,80)/t37-,48+,57-,66+/m0/s1. The number of esters is 1. The van der Waals surface area contributed by atoms with Crippen LogP contribution in [0, 0.1) is 24.6 Å². The summed E-state index contributed by atoms with van der Waals surface area (Å²) in [6, 6.07) is 12.3. The number of aliphatic hydroxyl groups is 1. The molecule has 500 valence electrons. The third-order valence-electron chi connectivity index (χ3n) is 17.3. The molecule has 6 heterocycles.